The number of hydrogen-bond acceptors (Lipinski definition) is 4. The minimum Gasteiger partial charge on any atom is -0.493 e. The van der Waals surface area contributed by atoms with Gasteiger partial charge in [-0.2, -0.15) is 0 Å². The normalized spacial score (nSPS) is 16.0. The van der Waals surface area contributed by atoms with Crippen LogP contribution < -0.4 is 14.8 Å². The number of carbonyl (C=O) groups excluding carboxylic acids is 1. The number of rotatable bonds is 6. The van der Waals surface area contributed by atoms with Gasteiger partial charge in [-0.1, -0.05) is 18.2 Å². The standard InChI is InChI=1S/C22H25FN2O3.ClH/c1-4-6-16-11-17(13-20(27-2)21(16)28-3)22(26)25-10-9-24-14-19(25)15-7-5-8-18(23)12-15;/h4-5,7-8,11-13,19,24H,1,6,9-10,14H2,2-3H3;1H. The molecule has 1 aliphatic rings. The molecule has 156 valence electrons. The summed E-state index contributed by atoms with van der Waals surface area (Å²) in [7, 11) is 3.12. The van der Waals surface area contributed by atoms with Gasteiger partial charge in [0.25, 0.3) is 5.91 Å². The zero-order valence-electron chi connectivity index (χ0n) is 16.6. The van der Waals surface area contributed by atoms with E-state index in [4.69, 9.17) is 9.47 Å². The quantitative estimate of drug-likeness (QED) is 0.722. The number of piperazine rings is 1. The zero-order valence-corrected chi connectivity index (χ0v) is 17.4. The number of amides is 1. The number of benzene rings is 2. The Morgan fingerprint density at radius 2 is 2.10 bits per heavy atom. The van der Waals surface area contributed by atoms with Crippen LogP contribution in [0.5, 0.6) is 11.5 Å². The Morgan fingerprint density at radius 1 is 1.31 bits per heavy atom. The Morgan fingerprint density at radius 3 is 2.76 bits per heavy atom. The number of nitrogens with zero attached hydrogens (tertiary/aromatic N) is 1. The maximum absolute atomic E-state index is 13.7. The van der Waals surface area contributed by atoms with E-state index in [0.29, 0.717) is 43.1 Å². The van der Waals surface area contributed by atoms with E-state index >= 15 is 0 Å². The van der Waals surface area contributed by atoms with Crippen LogP contribution in [0.25, 0.3) is 0 Å². The first-order valence-electron chi connectivity index (χ1n) is 9.22. The van der Waals surface area contributed by atoms with Gasteiger partial charge < -0.3 is 19.7 Å². The van der Waals surface area contributed by atoms with Crippen molar-refractivity contribution in [2.75, 3.05) is 33.9 Å². The second-order valence-corrected chi connectivity index (χ2v) is 6.64. The first-order chi connectivity index (χ1) is 13.6. The van der Waals surface area contributed by atoms with Crippen molar-refractivity contribution in [2.24, 2.45) is 0 Å². The highest BCUT2D eigenvalue weighted by Crippen LogP contribution is 2.34. The molecule has 2 aromatic carbocycles. The third-order valence-electron chi connectivity index (χ3n) is 4.90. The van der Waals surface area contributed by atoms with Crippen LogP contribution in [0.2, 0.25) is 0 Å². The van der Waals surface area contributed by atoms with Gasteiger partial charge in [0.15, 0.2) is 11.5 Å². The predicted molar refractivity (Wildman–Crippen MR) is 114 cm³/mol. The van der Waals surface area contributed by atoms with Crippen molar-refractivity contribution in [3.05, 3.63) is 71.6 Å². The Kier molecular flexibility index (Phi) is 8.05. The molecular formula is C22H26ClFN2O3. The van der Waals surface area contributed by atoms with Crippen molar-refractivity contribution in [1.29, 1.82) is 0 Å². The van der Waals surface area contributed by atoms with Gasteiger partial charge in [-0.05, 0) is 36.2 Å². The number of halogens is 2. The van der Waals surface area contributed by atoms with Gasteiger partial charge in [-0.25, -0.2) is 4.39 Å². The molecule has 1 fully saturated rings. The van der Waals surface area contributed by atoms with Crippen LogP contribution in [0.15, 0.2) is 49.1 Å². The first kappa shape index (κ1) is 22.7. The van der Waals surface area contributed by atoms with Gasteiger partial charge >= 0.3 is 0 Å². The molecule has 3 rings (SSSR count). The lowest BCUT2D eigenvalue weighted by atomic mass is 10.00. The Hall–Kier alpha value is -2.57. The maximum Gasteiger partial charge on any atom is 0.254 e. The van der Waals surface area contributed by atoms with Gasteiger partial charge in [0, 0.05) is 30.8 Å². The van der Waals surface area contributed by atoms with Crippen molar-refractivity contribution in [3.63, 3.8) is 0 Å². The molecule has 1 aliphatic heterocycles. The van der Waals surface area contributed by atoms with Gasteiger partial charge in [0.1, 0.15) is 5.82 Å². The molecule has 1 unspecified atom stereocenters. The SMILES string of the molecule is C=CCc1cc(C(=O)N2CCNCC2c2cccc(F)c2)cc(OC)c1OC.Cl. The van der Waals surface area contributed by atoms with Crippen molar-refractivity contribution in [2.45, 2.75) is 12.5 Å². The smallest absolute Gasteiger partial charge is 0.254 e. The minimum atomic E-state index is -0.310. The van der Waals surface area contributed by atoms with Crippen LogP contribution in [0.3, 0.4) is 0 Å². The van der Waals surface area contributed by atoms with Crippen molar-refractivity contribution in [3.8, 4) is 11.5 Å². The van der Waals surface area contributed by atoms with Crippen LogP contribution in [-0.2, 0) is 6.42 Å². The average Bonchev–Trinajstić information content (AvgIpc) is 2.72. The predicted octanol–water partition coefficient (Wildman–Crippen LogP) is 3.78. The fraction of sp³-hybridized carbons (Fsp3) is 0.318. The van der Waals surface area contributed by atoms with Crippen LogP contribution in [0.1, 0.15) is 27.5 Å². The van der Waals surface area contributed by atoms with Crippen molar-refractivity contribution in [1.82, 2.24) is 10.2 Å². The van der Waals surface area contributed by atoms with Gasteiger partial charge in [0.2, 0.25) is 0 Å². The van der Waals surface area contributed by atoms with E-state index in [1.165, 1.54) is 12.1 Å². The number of allylic oxidation sites excluding steroid dienone is 1. The van der Waals surface area contributed by atoms with Crippen LogP contribution in [0.4, 0.5) is 4.39 Å². The summed E-state index contributed by atoms with van der Waals surface area (Å²) in [6, 6.07) is 9.67. The molecule has 0 radical (unpaired) electrons. The molecule has 1 amide bonds. The first-order valence-corrected chi connectivity index (χ1v) is 9.22. The fourth-order valence-electron chi connectivity index (χ4n) is 3.60. The lowest BCUT2D eigenvalue weighted by Gasteiger charge is -2.36. The molecule has 7 heteroatoms. The number of methoxy groups -OCH3 is 2. The van der Waals surface area contributed by atoms with E-state index in [2.05, 4.69) is 11.9 Å². The summed E-state index contributed by atoms with van der Waals surface area (Å²) >= 11 is 0. The summed E-state index contributed by atoms with van der Waals surface area (Å²) in [5, 5.41) is 3.29. The van der Waals surface area contributed by atoms with Crippen LogP contribution in [-0.4, -0.2) is 44.7 Å². The Labute approximate surface area is 176 Å². The molecule has 5 nitrogen and oxygen atoms in total. The third-order valence-corrected chi connectivity index (χ3v) is 4.90. The van der Waals surface area contributed by atoms with Crippen LogP contribution in [0, 0.1) is 5.82 Å². The summed E-state index contributed by atoms with van der Waals surface area (Å²) in [5.41, 5.74) is 2.11. The van der Waals surface area contributed by atoms with E-state index in [0.717, 1.165) is 11.1 Å². The molecule has 1 N–H and O–H groups in total. The lowest BCUT2D eigenvalue weighted by molar-refractivity contribution is 0.0633. The van der Waals surface area contributed by atoms with Gasteiger partial charge in [0.05, 0.1) is 20.3 Å². The number of hydrogen-bond donors (Lipinski definition) is 1. The largest absolute Gasteiger partial charge is 0.493 e. The molecule has 1 saturated heterocycles. The van der Waals surface area contributed by atoms with Gasteiger partial charge in [-0.3, -0.25) is 4.79 Å². The number of ether oxygens (including phenoxy) is 2. The van der Waals surface area contributed by atoms with Crippen molar-refractivity contribution >= 4 is 18.3 Å². The number of carbonyl (C=O) groups is 1. The molecule has 0 saturated carbocycles. The maximum atomic E-state index is 13.7. The summed E-state index contributed by atoms with van der Waals surface area (Å²) in [4.78, 5) is 15.2. The molecule has 1 atom stereocenters. The van der Waals surface area contributed by atoms with Crippen LogP contribution >= 0.6 is 12.4 Å². The lowest BCUT2D eigenvalue weighted by Crippen LogP contribution is -2.48. The third kappa shape index (κ3) is 4.89. The monoisotopic (exact) mass is 420 g/mol. The molecule has 29 heavy (non-hydrogen) atoms. The van der Waals surface area contributed by atoms with E-state index < -0.39 is 0 Å². The summed E-state index contributed by atoms with van der Waals surface area (Å²) < 4.78 is 24.6. The molecule has 1 heterocycles. The Bertz CT molecular complexity index is 875. The molecule has 0 aromatic heterocycles. The molecule has 0 bridgehead atoms. The minimum absolute atomic E-state index is 0. The average molecular weight is 421 g/mol. The van der Waals surface area contributed by atoms with E-state index in [1.54, 1.807) is 37.3 Å². The Balaban J connectivity index is 0.00000300. The number of nitrogens with one attached hydrogen (secondary N) is 1. The molecular weight excluding hydrogens is 395 g/mol. The summed E-state index contributed by atoms with van der Waals surface area (Å²) in [6.45, 7) is 5.56. The second kappa shape index (κ2) is 10.3. The zero-order chi connectivity index (χ0) is 20.1. The molecule has 0 aliphatic carbocycles. The fourth-order valence-corrected chi connectivity index (χ4v) is 3.60. The molecule has 0 spiro atoms. The van der Waals surface area contributed by atoms with E-state index in [9.17, 15) is 9.18 Å². The highest BCUT2D eigenvalue weighted by atomic mass is 35.5. The summed E-state index contributed by atoms with van der Waals surface area (Å²) in [6.07, 6.45) is 2.31. The highest BCUT2D eigenvalue weighted by Gasteiger charge is 2.30. The van der Waals surface area contributed by atoms with E-state index in [1.807, 2.05) is 12.1 Å². The summed E-state index contributed by atoms with van der Waals surface area (Å²) in [5.74, 6) is 0.667. The topological polar surface area (TPSA) is 50.8 Å². The molecule has 2 aromatic rings. The van der Waals surface area contributed by atoms with E-state index in [-0.39, 0.29) is 30.2 Å². The van der Waals surface area contributed by atoms with Gasteiger partial charge in [-0.15, -0.1) is 19.0 Å². The second-order valence-electron chi connectivity index (χ2n) is 6.64. The highest BCUT2D eigenvalue weighted by molar-refractivity contribution is 5.95. The van der Waals surface area contributed by atoms with Crippen molar-refractivity contribution < 1.29 is 18.7 Å².